The number of nitrogens with one attached hydrogen (secondary N) is 2. The number of carboxylic acid groups (broad SMARTS) is 1. The third-order valence-corrected chi connectivity index (χ3v) is 4.61. The largest absolute Gasteiger partial charge is 0.480 e. The van der Waals surface area contributed by atoms with Crippen molar-refractivity contribution in [2.75, 3.05) is 26.0 Å². The number of piperidine rings is 1. The minimum absolute atomic E-state index is 0.0326. The fourth-order valence-electron chi connectivity index (χ4n) is 2.01. The van der Waals surface area contributed by atoms with Crippen LogP contribution in [0.3, 0.4) is 0 Å². The van der Waals surface area contributed by atoms with Gasteiger partial charge in [-0.2, -0.15) is 0 Å². The second kappa shape index (κ2) is 9.62. The molecule has 0 aromatic rings. The minimum atomic E-state index is -1.14. The summed E-state index contributed by atoms with van der Waals surface area (Å²) < 4.78 is 4.46. The van der Waals surface area contributed by atoms with E-state index in [2.05, 4.69) is 15.4 Å². The van der Waals surface area contributed by atoms with E-state index in [4.69, 9.17) is 5.11 Å². The molecule has 0 radical (unpaired) electrons. The summed E-state index contributed by atoms with van der Waals surface area (Å²) in [5.41, 5.74) is 0. The first-order valence-electron chi connectivity index (χ1n) is 6.94. The smallest absolute Gasteiger partial charge is 0.326 e. The van der Waals surface area contributed by atoms with Crippen LogP contribution in [0.2, 0.25) is 0 Å². The highest BCUT2D eigenvalue weighted by Crippen LogP contribution is 2.19. The minimum Gasteiger partial charge on any atom is -0.480 e. The Hall–Kier alpha value is -1.28. The lowest BCUT2D eigenvalue weighted by atomic mass is 10.1. The monoisotopic (exact) mass is 318 g/mol. The molecule has 1 rings (SSSR count). The molecular weight excluding hydrogens is 296 g/mol. The number of thioether (sulfide) groups is 1. The van der Waals surface area contributed by atoms with Crippen LogP contribution in [0.4, 0.5) is 0 Å². The van der Waals surface area contributed by atoms with E-state index >= 15 is 0 Å². The lowest BCUT2D eigenvalue weighted by Gasteiger charge is -2.22. The molecule has 1 atom stereocenters. The Labute approximate surface area is 128 Å². The van der Waals surface area contributed by atoms with E-state index in [1.54, 1.807) is 11.8 Å². The van der Waals surface area contributed by atoms with Crippen LogP contribution in [0.5, 0.6) is 0 Å². The van der Waals surface area contributed by atoms with Gasteiger partial charge in [-0.05, 0) is 32.4 Å². The number of amides is 1. The molecule has 1 aliphatic rings. The molecule has 1 fully saturated rings. The molecule has 0 saturated carbocycles. The van der Waals surface area contributed by atoms with Gasteiger partial charge >= 0.3 is 11.9 Å². The summed E-state index contributed by atoms with van der Waals surface area (Å²) in [4.78, 5) is 33.9. The molecule has 21 heavy (non-hydrogen) atoms. The normalized spacial score (nSPS) is 17.0. The molecule has 3 N–H and O–H groups in total. The van der Waals surface area contributed by atoms with Crippen LogP contribution >= 0.6 is 11.8 Å². The van der Waals surface area contributed by atoms with E-state index < -0.39 is 18.0 Å². The molecular formula is C13H22N2O5S. The number of rotatable bonds is 8. The molecule has 0 aromatic heterocycles. The summed E-state index contributed by atoms with van der Waals surface area (Å²) in [5.74, 6) is -1.69. The molecule has 1 saturated heterocycles. The Balaban J connectivity index is 2.30. The van der Waals surface area contributed by atoms with Crippen molar-refractivity contribution in [1.29, 1.82) is 0 Å². The summed E-state index contributed by atoms with van der Waals surface area (Å²) in [6.07, 6.45) is 2.03. The highest BCUT2D eigenvalue weighted by molar-refractivity contribution is 8.00. The van der Waals surface area contributed by atoms with Crippen molar-refractivity contribution < 1.29 is 24.2 Å². The summed E-state index contributed by atoms with van der Waals surface area (Å²) in [6.45, 7) is 1.91. The predicted octanol–water partition coefficient (Wildman–Crippen LogP) is -0.00580. The maximum Gasteiger partial charge on any atom is 0.326 e. The molecule has 0 aliphatic carbocycles. The number of carbonyl (C=O) groups is 3. The van der Waals surface area contributed by atoms with Crippen LogP contribution in [0.25, 0.3) is 0 Å². The van der Waals surface area contributed by atoms with Crippen LogP contribution in [-0.2, 0) is 19.1 Å². The molecule has 120 valence electrons. The molecule has 1 aliphatic heterocycles. The Morgan fingerprint density at radius 2 is 2.05 bits per heavy atom. The molecule has 8 heteroatoms. The number of hydrogen-bond acceptors (Lipinski definition) is 6. The molecule has 0 spiro atoms. The van der Waals surface area contributed by atoms with Gasteiger partial charge in [0.1, 0.15) is 6.04 Å². The summed E-state index contributed by atoms with van der Waals surface area (Å²) in [6, 6.07) is -1.05. The van der Waals surface area contributed by atoms with Gasteiger partial charge in [-0.15, -0.1) is 11.8 Å². The van der Waals surface area contributed by atoms with E-state index in [0.29, 0.717) is 5.25 Å². The summed E-state index contributed by atoms with van der Waals surface area (Å²) in [7, 11) is 1.24. The quantitative estimate of drug-likeness (QED) is 0.541. The highest BCUT2D eigenvalue weighted by Gasteiger charge is 2.22. The second-order valence-electron chi connectivity index (χ2n) is 4.83. The Kier molecular flexibility index (Phi) is 8.14. The van der Waals surface area contributed by atoms with Gasteiger partial charge in [-0.3, -0.25) is 9.59 Å². The zero-order valence-electron chi connectivity index (χ0n) is 12.1. The fraction of sp³-hybridized carbons (Fsp3) is 0.769. The first-order chi connectivity index (χ1) is 10.0. The number of ether oxygens (including phenoxy) is 1. The van der Waals surface area contributed by atoms with Crippen molar-refractivity contribution in [1.82, 2.24) is 10.6 Å². The number of hydrogen-bond donors (Lipinski definition) is 3. The van der Waals surface area contributed by atoms with E-state index in [0.717, 1.165) is 25.9 Å². The molecule has 1 amide bonds. The molecule has 7 nitrogen and oxygen atoms in total. The van der Waals surface area contributed by atoms with Crippen LogP contribution < -0.4 is 10.6 Å². The maximum atomic E-state index is 11.8. The summed E-state index contributed by atoms with van der Waals surface area (Å²) in [5, 5.41) is 15.2. The van der Waals surface area contributed by atoms with Crippen LogP contribution in [0, 0.1) is 0 Å². The molecule has 1 unspecified atom stereocenters. The van der Waals surface area contributed by atoms with Gasteiger partial charge in [0.05, 0.1) is 12.9 Å². The van der Waals surface area contributed by atoms with Crippen molar-refractivity contribution in [3.63, 3.8) is 0 Å². The maximum absolute atomic E-state index is 11.8. The van der Waals surface area contributed by atoms with E-state index in [1.165, 1.54) is 7.11 Å². The van der Waals surface area contributed by atoms with E-state index in [9.17, 15) is 14.4 Å². The number of carboxylic acids is 1. The number of methoxy groups -OCH3 is 1. The first-order valence-corrected chi connectivity index (χ1v) is 7.99. The summed E-state index contributed by atoms with van der Waals surface area (Å²) >= 11 is 1.55. The van der Waals surface area contributed by atoms with Gasteiger partial charge in [-0.25, -0.2) is 4.79 Å². The highest BCUT2D eigenvalue weighted by atomic mass is 32.2. The van der Waals surface area contributed by atoms with Gasteiger partial charge in [0.2, 0.25) is 5.91 Å². The lowest BCUT2D eigenvalue weighted by molar-refractivity contribution is -0.143. The Morgan fingerprint density at radius 1 is 1.38 bits per heavy atom. The second-order valence-corrected chi connectivity index (χ2v) is 6.12. The number of carbonyl (C=O) groups excluding carboxylic acids is 2. The van der Waals surface area contributed by atoms with Gasteiger partial charge in [0.25, 0.3) is 0 Å². The van der Waals surface area contributed by atoms with Crippen molar-refractivity contribution in [3.8, 4) is 0 Å². The van der Waals surface area contributed by atoms with Crippen molar-refractivity contribution in [2.24, 2.45) is 0 Å². The van der Waals surface area contributed by atoms with Crippen LogP contribution in [-0.4, -0.2) is 60.2 Å². The SMILES string of the molecule is COC(=O)CCC(NC(=O)CSC1CCNCC1)C(=O)O. The third kappa shape index (κ3) is 7.33. The topological polar surface area (TPSA) is 105 Å². The Morgan fingerprint density at radius 3 is 2.62 bits per heavy atom. The molecule has 1 heterocycles. The van der Waals surface area contributed by atoms with Gasteiger partial charge in [-0.1, -0.05) is 0 Å². The Bertz CT molecular complexity index is 372. The zero-order chi connectivity index (χ0) is 15.7. The van der Waals surface area contributed by atoms with Crippen LogP contribution in [0.15, 0.2) is 0 Å². The molecule has 0 bridgehead atoms. The van der Waals surface area contributed by atoms with Crippen molar-refractivity contribution in [2.45, 2.75) is 37.0 Å². The van der Waals surface area contributed by atoms with E-state index in [-0.39, 0.29) is 24.5 Å². The van der Waals surface area contributed by atoms with Gasteiger partial charge in [0.15, 0.2) is 0 Å². The predicted molar refractivity (Wildman–Crippen MR) is 79.2 cm³/mol. The standard InChI is InChI=1S/C13H22N2O5S/c1-20-12(17)3-2-10(13(18)19)15-11(16)8-21-9-4-6-14-7-5-9/h9-10,14H,2-8H2,1H3,(H,15,16)(H,18,19). The number of aliphatic carboxylic acids is 1. The van der Waals surface area contributed by atoms with Gasteiger partial charge < -0.3 is 20.5 Å². The van der Waals surface area contributed by atoms with Crippen molar-refractivity contribution >= 4 is 29.6 Å². The average molecular weight is 318 g/mol. The fourth-order valence-corrected chi connectivity index (χ4v) is 3.05. The van der Waals surface area contributed by atoms with Crippen molar-refractivity contribution in [3.05, 3.63) is 0 Å². The first kappa shape index (κ1) is 17.8. The zero-order valence-corrected chi connectivity index (χ0v) is 12.9. The number of esters is 1. The lowest BCUT2D eigenvalue weighted by Crippen LogP contribution is -2.42. The molecule has 0 aromatic carbocycles. The van der Waals surface area contributed by atoms with E-state index in [1.807, 2.05) is 0 Å². The van der Waals surface area contributed by atoms with Gasteiger partial charge in [0, 0.05) is 11.7 Å². The van der Waals surface area contributed by atoms with Crippen LogP contribution in [0.1, 0.15) is 25.7 Å². The average Bonchev–Trinajstić information content (AvgIpc) is 2.49. The third-order valence-electron chi connectivity index (χ3n) is 3.23.